The Morgan fingerprint density at radius 2 is 2.03 bits per heavy atom. The van der Waals surface area contributed by atoms with Crippen LogP contribution in [0.4, 0.5) is 19.0 Å². The number of carbonyl (C=O) groups excluding carboxylic acids is 2. The number of imidazole rings is 1. The van der Waals surface area contributed by atoms with E-state index in [2.05, 4.69) is 20.5 Å². The number of nitrogens with one attached hydrogen (secondary N) is 1. The molecule has 1 saturated heterocycles. The van der Waals surface area contributed by atoms with Crippen molar-refractivity contribution < 1.29 is 27.5 Å². The minimum absolute atomic E-state index is 0.0464. The molecule has 1 aliphatic heterocycles. The smallest absolute Gasteiger partial charge is 0.471 e. The van der Waals surface area contributed by atoms with E-state index in [1.807, 2.05) is 0 Å². The maximum atomic E-state index is 12.7. The molecule has 0 spiro atoms. The van der Waals surface area contributed by atoms with Crippen LogP contribution in [0.5, 0.6) is 5.75 Å². The van der Waals surface area contributed by atoms with Crippen LogP contribution < -0.4 is 10.1 Å². The predicted octanol–water partition coefficient (Wildman–Crippen LogP) is 2.02. The van der Waals surface area contributed by atoms with E-state index in [0.29, 0.717) is 35.0 Å². The third-order valence-corrected chi connectivity index (χ3v) is 5.75. The van der Waals surface area contributed by atoms with Gasteiger partial charge in [0.15, 0.2) is 17.2 Å². The number of halogens is 3. The van der Waals surface area contributed by atoms with Gasteiger partial charge in [0.2, 0.25) is 5.91 Å². The maximum absolute atomic E-state index is 12.7. The van der Waals surface area contributed by atoms with Gasteiger partial charge < -0.3 is 15.0 Å². The Balaban J connectivity index is 1.32. The number of carbonyl (C=O) groups is 2. The topological polar surface area (TPSA) is 107 Å². The van der Waals surface area contributed by atoms with E-state index >= 15 is 0 Å². The van der Waals surface area contributed by atoms with Crippen molar-refractivity contribution in [2.45, 2.75) is 31.5 Å². The molecular weight excluding hydrogens is 443 g/mol. The highest BCUT2D eigenvalue weighted by Crippen LogP contribution is 2.32. The van der Waals surface area contributed by atoms with E-state index in [9.17, 15) is 22.8 Å². The lowest BCUT2D eigenvalue weighted by atomic mass is 10.0. The first-order valence-corrected chi connectivity index (χ1v) is 10.4. The molecule has 174 valence electrons. The molecule has 10 nitrogen and oxygen atoms in total. The molecule has 3 aromatic rings. The van der Waals surface area contributed by atoms with Gasteiger partial charge in [-0.3, -0.25) is 14.3 Å². The Labute approximate surface area is 185 Å². The molecule has 1 aliphatic carbocycles. The quantitative estimate of drug-likeness (QED) is 0.600. The van der Waals surface area contributed by atoms with Crippen LogP contribution in [-0.2, 0) is 16.6 Å². The van der Waals surface area contributed by atoms with Gasteiger partial charge >= 0.3 is 12.1 Å². The summed E-state index contributed by atoms with van der Waals surface area (Å²) in [6.45, 7) is -0.0457. The zero-order valence-electron chi connectivity index (χ0n) is 17.5. The molecule has 13 heteroatoms. The van der Waals surface area contributed by atoms with Crippen LogP contribution in [-0.4, -0.2) is 66.5 Å². The molecule has 1 atom stereocenters. The Kier molecular flexibility index (Phi) is 4.98. The molecule has 5 rings (SSSR count). The maximum Gasteiger partial charge on any atom is 0.471 e. The molecule has 1 saturated carbocycles. The summed E-state index contributed by atoms with van der Waals surface area (Å²) in [5, 5.41) is 11.5. The van der Waals surface area contributed by atoms with Gasteiger partial charge in [0.25, 0.3) is 0 Å². The minimum atomic E-state index is -4.90. The lowest BCUT2D eigenvalue weighted by Gasteiger charge is -2.40. The third-order valence-electron chi connectivity index (χ3n) is 5.75. The number of aryl methyl sites for hydroxylation is 1. The average molecular weight is 463 g/mol. The predicted molar refractivity (Wildman–Crippen MR) is 108 cm³/mol. The van der Waals surface area contributed by atoms with E-state index < -0.39 is 18.1 Å². The van der Waals surface area contributed by atoms with Gasteiger partial charge in [-0.2, -0.15) is 23.4 Å². The summed E-state index contributed by atoms with van der Waals surface area (Å²) in [6, 6.07) is 2.78. The van der Waals surface area contributed by atoms with Gasteiger partial charge in [-0.15, -0.1) is 0 Å². The summed E-state index contributed by atoms with van der Waals surface area (Å²) in [6.07, 6.45) is 0.336. The number of rotatable bonds is 6. The highest BCUT2D eigenvalue weighted by molar-refractivity contribution is 5.93. The summed E-state index contributed by atoms with van der Waals surface area (Å²) < 4.78 is 46.9. The molecule has 4 heterocycles. The summed E-state index contributed by atoms with van der Waals surface area (Å²) in [5.74, 6) is -1.14. The number of likely N-dealkylation sites (tertiary alicyclic amines) is 1. The van der Waals surface area contributed by atoms with Crippen LogP contribution in [0.3, 0.4) is 0 Å². The van der Waals surface area contributed by atoms with E-state index in [4.69, 9.17) is 4.74 Å². The van der Waals surface area contributed by atoms with Gasteiger partial charge in [-0.05, 0) is 31.4 Å². The highest BCUT2D eigenvalue weighted by Gasteiger charge is 2.47. The van der Waals surface area contributed by atoms with Crippen molar-refractivity contribution in [3.8, 4) is 17.1 Å². The lowest BCUT2D eigenvalue weighted by molar-refractivity contribution is -0.193. The number of amides is 2. The number of alkyl halides is 3. The Morgan fingerprint density at radius 3 is 2.70 bits per heavy atom. The summed E-state index contributed by atoms with van der Waals surface area (Å²) in [5.41, 5.74) is 1.54. The van der Waals surface area contributed by atoms with Gasteiger partial charge in [0.05, 0.1) is 18.4 Å². The molecule has 0 radical (unpaired) electrons. The van der Waals surface area contributed by atoms with E-state index in [0.717, 1.165) is 17.7 Å². The van der Waals surface area contributed by atoms with E-state index in [1.165, 1.54) is 15.4 Å². The van der Waals surface area contributed by atoms with Crippen LogP contribution in [0, 0.1) is 5.92 Å². The zero-order valence-corrected chi connectivity index (χ0v) is 17.5. The second-order valence-corrected chi connectivity index (χ2v) is 8.14. The van der Waals surface area contributed by atoms with Crippen LogP contribution in [0.2, 0.25) is 0 Å². The molecule has 33 heavy (non-hydrogen) atoms. The molecule has 0 bridgehead atoms. The zero-order chi connectivity index (χ0) is 23.3. The fraction of sp³-hybridized carbons (Fsp3) is 0.450. The van der Waals surface area contributed by atoms with Crippen molar-refractivity contribution in [3.63, 3.8) is 0 Å². The van der Waals surface area contributed by atoms with Crippen molar-refractivity contribution in [1.82, 2.24) is 29.3 Å². The Hall–Kier alpha value is -3.64. The lowest BCUT2D eigenvalue weighted by Crippen LogP contribution is -2.57. The summed E-state index contributed by atoms with van der Waals surface area (Å²) in [7, 11) is 1.69. The van der Waals surface area contributed by atoms with Crippen LogP contribution in [0.1, 0.15) is 19.3 Å². The van der Waals surface area contributed by atoms with Crippen molar-refractivity contribution in [2.24, 2.45) is 13.0 Å². The van der Waals surface area contributed by atoms with E-state index in [1.54, 1.807) is 25.4 Å². The van der Waals surface area contributed by atoms with Gasteiger partial charge in [0.1, 0.15) is 18.0 Å². The average Bonchev–Trinajstić information content (AvgIpc) is 3.41. The molecule has 0 unspecified atom stereocenters. The molecule has 2 fully saturated rings. The SMILES string of the molecule is Cn1ncc(OC[C@H]2CCN2C(=O)C(F)(F)F)c1-c1ccc2nc(NC(=O)C3CC3)cn2n1. The van der Waals surface area contributed by atoms with Crippen molar-refractivity contribution in [3.05, 3.63) is 24.5 Å². The molecule has 0 aromatic carbocycles. The van der Waals surface area contributed by atoms with Crippen molar-refractivity contribution in [1.29, 1.82) is 0 Å². The fourth-order valence-corrected chi connectivity index (χ4v) is 3.69. The van der Waals surface area contributed by atoms with Crippen LogP contribution >= 0.6 is 0 Å². The van der Waals surface area contributed by atoms with Crippen LogP contribution in [0.25, 0.3) is 17.0 Å². The normalized spacial score (nSPS) is 18.3. The summed E-state index contributed by atoms with van der Waals surface area (Å²) >= 11 is 0. The third kappa shape index (κ3) is 4.10. The molecule has 2 aliphatic rings. The molecule has 2 amide bonds. The Morgan fingerprint density at radius 1 is 1.24 bits per heavy atom. The number of hydrogen-bond acceptors (Lipinski definition) is 6. The number of nitrogens with zero attached hydrogens (tertiary/aromatic N) is 6. The van der Waals surface area contributed by atoms with E-state index in [-0.39, 0.29) is 25.0 Å². The largest absolute Gasteiger partial charge is 0.487 e. The van der Waals surface area contributed by atoms with Gasteiger partial charge in [-0.25, -0.2) is 9.50 Å². The first kappa shape index (κ1) is 21.2. The molecule has 3 aromatic heterocycles. The number of ether oxygens (including phenoxy) is 1. The second kappa shape index (κ2) is 7.74. The molecular formula is C20H20F3N7O3. The summed E-state index contributed by atoms with van der Waals surface area (Å²) in [4.78, 5) is 28.6. The number of hydrogen-bond donors (Lipinski definition) is 1. The highest BCUT2D eigenvalue weighted by atomic mass is 19.4. The van der Waals surface area contributed by atoms with Gasteiger partial charge in [-0.1, -0.05) is 0 Å². The van der Waals surface area contributed by atoms with Gasteiger partial charge in [0, 0.05) is 19.5 Å². The minimum Gasteiger partial charge on any atom is -0.487 e. The molecule has 1 N–H and O–H groups in total. The second-order valence-electron chi connectivity index (χ2n) is 8.14. The Bertz CT molecular complexity index is 1230. The van der Waals surface area contributed by atoms with Crippen molar-refractivity contribution >= 4 is 23.3 Å². The fourth-order valence-electron chi connectivity index (χ4n) is 3.69. The number of aromatic nitrogens is 5. The number of anilines is 1. The van der Waals surface area contributed by atoms with Crippen LogP contribution in [0.15, 0.2) is 24.5 Å². The van der Waals surface area contributed by atoms with Crippen molar-refractivity contribution in [2.75, 3.05) is 18.5 Å². The first-order chi connectivity index (χ1) is 15.7. The monoisotopic (exact) mass is 463 g/mol. The number of fused-ring (bicyclic) bond motifs is 1. The first-order valence-electron chi connectivity index (χ1n) is 10.4. The standard InChI is InChI=1S/C20H20F3N7O3/c1-28-17(14(8-24-28)33-10-12-6-7-29(12)19(32)20(21,22)23)13-4-5-16-25-15(9-30(16)27-13)26-18(31)11-2-3-11/h4-5,8-9,11-12H,2-3,6-7,10H2,1H3,(H,26,31)/t12-/m1/s1.